The summed E-state index contributed by atoms with van der Waals surface area (Å²) < 4.78 is 1.61. The molecule has 1 aromatic heterocycles. The Labute approximate surface area is 130 Å². The quantitative estimate of drug-likeness (QED) is 0.756. The van der Waals surface area contributed by atoms with E-state index in [1.807, 2.05) is 37.3 Å². The highest BCUT2D eigenvalue weighted by molar-refractivity contribution is 5.66. The Hall–Kier alpha value is -2.55. The molecule has 3 aromatic rings. The van der Waals surface area contributed by atoms with Crippen LogP contribution in [-0.4, -0.2) is 14.9 Å². The molecule has 3 nitrogen and oxygen atoms in total. The molecular weight excluding hydrogens is 272 g/mol. The minimum Gasteiger partial charge on any atom is -0.493 e. The van der Waals surface area contributed by atoms with E-state index in [4.69, 9.17) is 0 Å². The second-order valence-electron chi connectivity index (χ2n) is 5.84. The fraction of sp³-hybridized carbons (Fsp3) is 0.211. The maximum atomic E-state index is 10.4. The predicted molar refractivity (Wildman–Crippen MR) is 89.6 cm³/mol. The van der Waals surface area contributed by atoms with Gasteiger partial charge in [-0.05, 0) is 51.0 Å². The van der Waals surface area contributed by atoms with E-state index >= 15 is 0 Å². The van der Waals surface area contributed by atoms with Gasteiger partial charge < -0.3 is 5.11 Å². The van der Waals surface area contributed by atoms with Gasteiger partial charge in [0.2, 0.25) is 5.88 Å². The summed E-state index contributed by atoms with van der Waals surface area (Å²) in [6, 6.07) is 14.3. The van der Waals surface area contributed by atoms with Crippen LogP contribution in [0.3, 0.4) is 0 Å². The lowest BCUT2D eigenvalue weighted by Gasteiger charge is -2.06. The van der Waals surface area contributed by atoms with Gasteiger partial charge in [0.1, 0.15) is 0 Å². The maximum Gasteiger partial charge on any atom is 0.217 e. The maximum absolute atomic E-state index is 10.4. The number of aromatic hydroxyl groups is 1. The summed E-state index contributed by atoms with van der Waals surface area (Å²) >= 11 is 0. The SMILES string of the molecule is Cc1ccc(-c2nn(-c3ccc(C)c(C)c3)c(O)c2C)cc1. The highest BCUT2D eigenvalue weighted by Gasteiger charge is 2.16. The zero-order valence-corrected chi connectivity index (χ0v) is 13.4. The van der Waals surface area contributed by atoms with Gasteiger partial charge in [0.15, 0.2) is 0 Å². The molecule has 0 radical (unpaired) electrons. The van der Waals surface area contributed by atoms with Crippen molar-refractivity contribution in [3.05, 3.63) is 64.7 Å². The average molecular weight is 292 g/mol. The average Bonchev–Trinajstić information content (AvgIpc) is 2.79. The Morgan fingerprint density at radius 3 is 2.18 bits per heavy atom. The Morgan fingerprint density at radius 1 is 0.864 bits per heavy atom. The van der Waals surface area contributed by atoms with Gasteiger partial charge in [-0.15, -0.1) is 0 Å². The fourth-order valence-electron chi connectivity index (χ4n) is 2.51. The number of benzene rings is 2. The first-order chi connectivity index (χ1) is 10.5. The molecule has 112 valence electrons. The number of hydrogen-bond donors (Lipinski definition) is 1. The molecule has 0 spiro atoms. The molecule has 0 aliphatic rings. The summed E-state index contributed by atoms with van der Waals surface area (Å²) in [5.74, 6) is 0.193. The number of aryl methyl sites for hydroxylation is 3. The summed E-state index contributed by atoms with van der Waals surface area (Å²) in [5, 5.41) is 15.1. The predicted octanol–water partition coefficient (Wildman–Crippen LogP) is 4.48. The zero-order chi connectivity index (χ0) is 15.9. The van der Waals surface area contributed by atoms with Gasteiger partial charge in [-0.2, -0.15) is 5.10 Å². The smallest absolute Gasteiger partial charge is 0.217 e. The Morgan fingerprint density at radius 2 is 1.55 bits per heavy atom. The van der Waals surface area contributed by atoms with Gasteiger partial charge in [-0.3, -0.25) is 0 Å². The van der Waals surface area contributed by atoms with Crippen LogP contribution >= 0.6 is 0 Å². The number of hydrogen-bond acceptors (Lipinski definition) is 2. The Kier molecular flexibility index (Phi) is 3.49. The second-order valence-corrected chi connectivity index (χ2v) is 5.84. The summed E-state index contributed by atoms with van der Waals surface area (Å²) in [4.78, 5) is 0. The molecule has 0 atom stereocenters. The highest BCUT2D eigenvalue weighted by Crippen LogP contribution is 2.31. The second kappa shape index (κ2) is 5.34. The van der Waals surface area contributed by atoms with E-state index in [0.29, 0.717) is 0 Å². The van der Waals surface area contributed by atoms with Crippen molar-refractivity contribution in [3.8, 4) is 22.8 Å². The van der Waals surface area contributed by atoms with Crippen molar-refractivity contribution in [1.29, 1.82) is 0 Å². The lowest BCUT2D eigenvalue weighted by Crippen LogP contribution is -1.97. The van der Waals surface area contributed by atoms with Crippen molar-refractivity contribution < 1.29 is 5.11 Å². The first kappa shape index (κ1) is 14.4. The van der Waals surface area contributed by atoms with Crippen LogP contribution in [0.4, 0.5) is 0 Å². The third-order valence-electron chi connectivity index (χ3n) is 4.15. The van der Waals surface area contributed by atoms with Crippen LogP contribution in [0.1, 0.15) is 22.3 Å². The summed E-state index contributed by atoms with van der Waals surface area (Å²) in [6.45, 7) is 8.09. The number of aromatic nitrogens is 2. The van der Waals surface area contributed by atoms with Crippen LogP contribution in [0.5, 0.6) is 5.88 Å². The van der Waals surface area contributed by atoms with Crippen molar-refractivity contribution in [2.45, 2.75) is 27.7 Å². The molecule has 0 fully saturated rings. The normalized spacial score (nSPS) is 10.9. The molecular formula is C19H20N2O. The van der Waals surface area contributed by atoms with Crippen molar-refractivity contribution in [3.63, 3.8) is 0 Å². The van der Waals surface area contributed by atoms with Gasteiger partial charge in [-0.25, -0.2) is 4.68 Å². The Bertz CT molecular complexity index is 829. The van der Waals surface area contributed by atoms with Gasteiger partial charge in [0.05, 0.1) is 11.4 Å². The van der Waals surface area contributed by atoms with Crippen molar-refractivity contribution in [1.82, 2.24) is 9.78 Å². The van der Waals surface area contributed by atoms with Crippen LogP contribution in [0.25, 0.3) is 16.9 Å². The summed E-state index contributed by atoms with van der Waals surface area (Å²) in [7, 11) is 0. The molecule has 0 amide bonds. The van der Waals surface area contributed by atoms with E-state index in [-0.39, 0.29) is 5.88 Å². The van der Waals surface area contributed by atoms with Crippen molar-refractivity contribution in [2.75, 3.05) is 0 Å². The molecule has 2 aromatic carbocycles. The first-order valence-electron chi connectivity index (χ1n) is 7.40. The van der Waals surface area contributed by atoms with E-state index < -0.39 is 0 Å². The topological polar surface area (TPSA) is 38.0 Å². The van der Waals surface area contributed by atoms with E-state index in [0.717, 1.165) is 22.5 Å². The van der Waals surface area contributed by atoms with E-state index in [9.17, 15) is 5.11 Å². The standard InChI is InChI=1S/C19H20N2O/c1-12-5-8-16(9-6-12)18-15(4)19(22)21(20-18)17-10-7-13(2)14(3)11-17/h5-11,22H,1-4H3. The molecule has 3 heteroatoms. The molecule has 0 unspecified atom stereocenters. The van der Waals surface area contributed by atoms with Crippen LogP contribution in [0.2, 0.25) is 0 Å². The van der Waals surface area contributed by atoms with Crippen LogP contribution < -0.4 is 0 Å². The molecule has 0 aliphatic heterocycles. The van der Waals surface area contributed by atoms with Crippen LogP contribution in [-0.2, 0) is 0 Å². The van der Waals surface area contributed by atoms with Crippen LogP contribution in [0.15, 0.2) is 42.5 Å². The van der Waals surface area contributed by atoms with Crippen molar-refractivity contribution >= 4 is 0 Å². The first-order valence-corrected chi connectivity index (χ1v) is 7.40. The van der Waals surface area contributed by atoms with Gasteiger partial charge in [0, 0.05) is 11.1 Å². The van der Waals surface area contributed by atoms with Gasteiger partial charge in [-0.1, -0.05) is 35.9 Å². The molecule has 0 aliphatic carbocycles. The zero-order valence-electron chi connectivity index (χ0n) is 13.4. The molecule has 0 saturated heterocycles. The number of nitrogens with zero attached hydrogens (tertiary/aromatic N) is 2. The number of rotatable bonds is 2. The fourth-order valence-corrected chi connectivity index (χ4v) is 2.51. The lowest BCUT2D eigenvalue weighted by molar-refractivity contribution is 0.430. The third kappa shape index (κ3) is 2.39. The van der Waals surface area contributed by atoms with Gasteiger partial charge in [0.25, 0.3) is 0 Å². The van der Waals surface area contributed by atoms with E-state index in [2.05, 4.69) is 38.0 Å². The minimum absolute atomic E-state index is 0.193. The Balaban J connectivity index is 2.12. The molecule has 3 rings (SSSR count). The minimum atomic E-state index is 0.193. The van der Waals surface area contributed by atoms with Gasteiger partial charge >= 0.3 is 0 Å². The summed E-state index contributed by atoms with van der Waals surface area (Å²) in [6.07, 6.45) is 0. The largest absolute Gasteiger partial charge is 0.493 e. The molecule has 1 heterocycles. The monoisotopic (exact) mass is 292 g/mol. The van der Waals surface area contributed by atoms with Crippen molar-refractivity contribution in [2.24, 2.45) is 0 Å². The van der Waals surface area contributed by atoms with E-state index in [1.54, 1.807) is 4.68 Å². The van der Waals surface area contributed by atoms with E-state index in [1.165, 1.54) is 16.7 Å². The highest BCUT2D eigenvalue weighted by atomic mass is 16.3. The third-order valence-corrected chi connectivity index (χ3v) is 4.15. The summed E-state index contributed by atoms with van der Waals surface area (Å²) in [5.41, 5.74) is 7.12. The lowest BCUT2D eigenvalue weighted by atomic mass is 10.1. The molecule has 22 heavy (non-hydrogen) atoms. The molecule has 0 bridgehead atoms. The molecule has 1 N–H and O–H groups in total. The molecule has 0 saturated carbocycles. The van der Waals surface area contributed by atoms with Crippen LogP contribution in [0, 0.1) is 27.7 Å².